The Hall–Kier alpha value is -0.990. The van der Waals surface area contributed by atoms with Crippen molar-refractivity contribution in [2.45, 2.75) is 51.0 Å². The van der Waals surface area contributed by atoms with E-state index in [2.05, 4.69) is 5.32 Å². The second-order valence-electron chi connectivity index (χ2n) is 6.65. The van der Waals surface area contributed by atoms with Crippen molar-refractivity contribution in [2.24, 2.45) is 17.8 Å². The molecule has 0 aromatic rings. The molecule has 4 rings (SSSR count). The average molecular weight is 249 g/mol. The molecule has 0 unspecified atom stereocenters. The molecule has 4 fully saturated rings. The third kappa shape index (κ3) is 2.15. The molecule has 0 aromatic carbocycles. The molecular formula is C15H23NO2. The predicted octanol–water partition coefficient (Wildman–Crippen LogP) is 2.62. The lowest BCUT2D eigenvalue weighted by atomic mass is 9.53. The van der Waals surface area contributed by atoms with E-state index in [0.29, 0.717) is 5.76 Å². The Labute approximate surface area is 109 Å². The molecule has 1 N–H and O–H groups in total. The summed E-state index contributed by atoms with van der Waals surface area (Å²) in [6.07, 6.45) is 9.39. The van der Waals surface area contributed by atoms with Crippen molar-refractivity contribution in [3.63, 3.8) is 0 Å². The number of methoxy groups -OCH3 is 1. The molecule has 0 radical (unpaired) electrons. The standard InChI is InChI=1S/C15H23NO2/c1-10(18-2)3-14(17)16-15-7-11-4-12(8-15)6-13(5-11)9-15/h3,11-13H,4-9H2,1-2H3,(H,16,17). The Morgan fingerprint density at radius 3 is 2.11 bits per heavy atom. The van der Waals surface area contributed by atoms with Crippen LogP contribution in [0, 0.1) is 17.8 Å². The van der Waals surface area contributed by atoms with Crippen molar-refractivity contribution in [3.05, 3.63) is 11.8 Å². The maximum atomic E-state index is 12.0. The lowest BCUT2D eigenvalue weighted by Gasteiger charge is -2.56. The van der Waals surface area contributed by atoms with Gasteiger partial charge in [-0.2, -0.15) is 0 Å². The van der Waals surface area contributed by atoms with E-state index < -0.39 is 0 Å². The van der Waals surface area contributed by atoms with Gasteiger partial charge in [0.05, 0.1) is 12.9 Å². The zero-order chi connectivity index (χ0) is 12.8. The van der Waals surface area contributed by atoms with Gasteiger partial charge in [-0.1, -0.05) is 0 Å². The lowest BCUT2D eigenvalue weighted by Crippen LogP contribution is -2.59. The minimum Gasteiger partial charge on any atom is -0.501 e. The molecule has 3 nitrogen and oxygen atoms in total. The van der Waals surface area contributed by atoms with Crippen LogP contribution in [0.3, 0.4) is 0 Å². The molecule has 0 atom stereocenters. The molecule has 3 heteroatoms. The smallest absolute Gasteiger partial charge is 0.247 e. The van der Waals surface area contributed by atoms with Crippen LogP contribution in [0.25, 0.3) is 0 Å². The van der Waals surface area contributed by atoms with Gasteiger partial charge in [0.2, 0.25) is 5.91 Å². The summed E-state index contributed by atoms with van der Waals surface area (Å²) in [6, 6.07) is 0. The highest BCUT2D eigenvalue weighted by molar-refractivity contribution is 5.88. The Kier molecular flexibility index (Phi) is 2.87. The van der Waals surface area contributed by atoms with E-state index in [1.54, 1.807) is 13.2 Å². The van der Waals surface area contributed by atoms with Gasteiger partial charge < -0.3 is 10.1 Å². The molecule has 4 aliphatic carbocycles. The third-order valence-electron chi connectivity index (χ3n) is 5.08. The molecule has 4 saturated carbocycles. The van der Waals surface area contributed by atoms with E-state index in [1.165, 1.54) is 38.5 Å². The second-order valence-corrected chi connectivity index (χ2v) is 6.65. The summed E-state index contributed by atoms with van der Waals surface area (Å²) in [5, 5.41) is 3.29. The minimum absolute atomic E-state index is 0.0244. The maximum absolute atomic E-state index is 12.0. The van der Waals surface area contributed by atoms with Crippen LogP contribution in [-0.2, 0) is 9.53 Å². The number of allylic oxidation sites excluding steroid dienone is 1. The molecule has 1 amide bonds. The van der Waals surface area contributed by atoms with Crippen LogP contribution < -0.4 is 5.32 Å². The van der Waals surface area contributed by atoms with Gasteiger partial charge >= 0.3 is 0 Å². The molecule has 0 heterocycles. The van der Waals surface area contributed by atoms with Crippen molar-refractivity contribution >= 4 is 5.91 Å². The minimum atomic E-state index is 0.0244. The first-order chi connectivity index (χ1) is 8.58. The third-order valence-corrected chi connectivity index (χ3v) is 5.08. The fourth-order valence-electron chi connectivity index (χ4n) is 4.80. The van der Waals surface area contributed by atoms with Gasteiger partial charge in [0.25, 0.3) is 0 Å². The van der Waals surface area contributed by atoms with E-state index in [-0.39, 0.29) is 11.4 Å². The summed E-state index contributed by atoms with van der Waals surface area (Å²) in [4.78, 5) is 12.0. The zero-order valence-corrected chi connectivity index (χ0v) is 11.4. The molecule has 100 valence electrons. The molecule has 0 spiro atoms. The van der Waals surface area contributed by atoms with Crippen molar-refractivity contribution in [2.75, 3.05) is 7.11 Å². The summed E-state index contributed by atoms with van der Waals surface area (Å²) in [5.74, 6) is 3.30. The normalized spacial score (nSPS) is 41.9. The fraction of sp³-hybridized carbons (Fsp3) is 0.800. The van der Waals surface area contributed by atoms with Gasteiger partial charge in [0.1, 0.15) is 0 Å². The highest BCUT2D eigenvalue weighted by Crippen LogP contribution is 2.55. The zero-order valence-electron chi connectivity index (χ0n) is 11.4. The highest BCUT2D eigenvalue weighted by atomic mass is 16.5. The van der Waals surface area contributed by atoms with E-state index in [9.17, 15) is 4.79 Å². The number of rotatable bonds is 3. The van der Waals surface area contributed by atoms with Crippen LogP contribution in [-0.4, -0.2) is 18.6 Å². The van der Waals surface area contributed by atoms with Crippen molar-refractivity contribution in [3.8, 4) is 0 Å². The van der Waals surface area contributed by atoms with Gasteiger partial charge in [-0.25, -0.2) is 0 Å². The predicted molar refractivity (Wildman–Crippen MR) is 69.8 cm³/mol. The van der Waals surface area contributed by atoms with Crippen LogP contribution in [0.1, 0.15) is 45.4 Å². The van der Waals surface area contributed by atoms with E-state index in [4.69, 9.17) is 4.74 Å². The molecule has 18 heavy (non-hydrogen) atoms. The number of ether oxygens (including phenoxy) is 1. The van der Waals surface area contributed by atoms with Crippen molar-refractivity contribution < 1.29 is 9.53 Å². The van der Waals surface area contributed by atoms with Crippen LogP contribution in [0.5, 0.6) is 0 Å². The number of carbonyl (C=O) groups is 1. The van der Waals surface area contributed by atoms with Crippen LogP contribution >= 0.6 is 0 Å². The first kappa shape index (κ1) is 12.1. The molecule has 0 saturated heterocycles. The van der Waals surface area contributed by atoms with Gasteiger partial charge in [-0.05, 0) is 63.2 Å². The van der Waals surface area contributed by atoms with Crippen molar-refractivity contribution in [1.29, 1.82) is 0 Å². The van der Waals surface area contributed by atoms with Crippen LogP contribution in [0.4, 0.5) is 0 Å². The summed E-state index contributed by atoms with van der Waals surface area (Å²) >= 11 is 0. The molecule has 0 aromatic heterocycles. The number of carbonyl (C=O) groups excluding carboxylic acids is 1. The summed E-state index contributed by atoms with van der Waals surface area (Å²) in [5.41, 5.74) is 0.107. The Morgan fingerprint density at radius 2 is 1.67 bits per heavy atom. The SMILES string of the molecule is COC(C)=CC(=O)NC12CC3CC(CC(C3)C1)C2. The van der Waals surface area contributed by atoms with Gasteiger partial charge in [-0.15, -0.1) is 0 Å². The number of amides is 1. The second kappa shape index (κ2) is 4.29. The van der Waals surface area contributed by atoms with E-state index >= 15 is 0 Å². The van der Waals surface area contributed by atoms with E-state index in [0.717, 1.165) is 17.8 Å². The largest absolute Gasteiger partial charge is 0.501 e. The van der Waals surface area contributed by atoms with Crippen molar-refractivity contribution in [1.82, 2.24) is 5.32 Å². The topological polar surface area (TPSA) is 38.3 Å². The summed E-state index contributed by atoms with van der Waals surface area (Å²) < 4.78 is 5.04. The number of hydrogen-bond donors (Lipinski definition) is 1. The van der Waals surface area contributed by atoms with Crippen LogP contribution in [0.15, 0.2) is 11.8 Å². The fourth-order valence-corrected chi connectivity index (χ4v) is 4.80. The molecule has 0 aliphatic heterocycles. The quantitative estimate of drug-likeness (QED) is 0.617. The Bertz CT molecular complexity index is 351. The Morgan fingerprint density at radius 1 is 1.17 bits per heavy atom. The first-order valence-corrected chi connectivity index (χ1v) is 7.13. The molecule has 4 aliphatic rings. The monoisotopic (exact) mass is 249 g/mol. The summed E-state index contributed by atoms with van der Waals surface area (Å²) in [7, 11) is 1.60. The highest BCUT2D eigenvalue weighted by Gasteiger charge is 2.51. The van der Waals surface area contributed by atoms with E-state index in [1.807, 2.05) is 6.92 Å². The van der Waals surface area contributed by atoms with Gasteiger partial charge in [0, 0.05) is 11.6 Å². The molecule has 4 bridgehead atoms. The Balaban J connectivity index is 1.70. The number of nitrogens with one attached hydrogen (secondary N) is 1. The maximum Gasteiger partial charge on any atom is 0.247 e. The van der Waals surface area contributed by atoms with Gasteiger partial charge in [-0.3, -0.25) is 4.79 Å². The van der Waals surface area contributed by atoms with Gasteiger partial charge in [0.15, 0.2) is 0 Å². The average Bonchev–Trinajstić information content (AvgIpc) is 2.25. The lowest BCUT2D eigenvalue weighted by molar-refractivity contribution is -0.122. The van der Waals surface area contributed by atoms with Crippen LogP contribution in [0.2, 0.25) is 0 Å². The summed E-state index contributed by atoms with van der Waals surface area (Å²) in [6.45, 7) is 1.82. The first-order valence-electron chi connectivity index (χ1n) is 7.13. The molecular weight excluding hydrogens is 226 g/mol. The number of hydrogen-bond acceptors (Lipinski definition) is 2.